The van der Waals surface area contributed by atoms with Gasteiger partial charge >= 0.3 is 6.18 Å². The van der Waals surface area contributed by atoms with Gasteiger partial charge in [0.2, 0.25) is 6.29 Å². The second kappa shape index (κ2) is 6.84. The van der Waals surface area contributed by atoms with Crippen molar-refractivity contribution in [3.05, 3.63) is 41.8 Å². The lowest BCUT2D eigenvalue weighted by atomic mass is 10.1. The van der Waals surface area contributed by atoms with Crippen molar-refractivity contribution in [2.45, 2.75) is 35.4 Å². The number of aromatic nitrogens is 2. The van der Waals surface area contributed by atoms with Gasteiger partial charge in [-0.3, -0.25) is 4.79 Å². The number of carbonyl (C=O) groups is 1. The van der Waals surface area contributed by atoms with Crippen LogP contribution in [0.25, 0.3) is 11.3 Å². The number of hydrogen-bond donors (Lipinski definition) is 0. The van der Waals surface area contributed by atoms with E-state index < -0.39 is 35.3 Å². The summed E-state index contributed by atoms with van der Waals surface area (Å²) < 4.78 is 63.5. The first kappa shape index (κ1) is 18.3. The summed E-state index contributed by atoms with van der Waals surface area (Å²) in [4.78, 5) is 19.6. The number of nitrogens with zero attached hydrogens (tertiary/aromatic N) is 2. The molecule has 2 bridgehead atoms. The highest BCUT2D eigenvalue weighted by atomic mass is 32.2. The summed E-state index contributed by atoms with van der Waals surface area (Å²) in [7, 11) is 0. The van der Waals surface area contributed by atoms with Crippen molar-refractivity contribution in [2.75, 3.05) is 6.61 Å². The van der Waals surface area contributed by atoms with Crippen LogP contribution in [0.3, 0.4) is 0 Å². The van der Waals surface area contributed by atoms with E-state index in [0.717, 1.165) is 30.0 Å². The lowest BCUT2D eigenvalue weighted by molar-refractivity contribution is -0.151. The number of halogens is 4. The van der Waals surface area contributed by atoms with E-state index in [1.54, 1.807) is 0 Å². The van der Waals surface area contributed by atoms with E-state index in [1.165, 1.54) is 12.1 Å². The molecule has 1 aromatic carbocycles. The molecule has 5 nitrogen and oxygen atoms in total. The van der Waals surface area contributed by atoms with E-state index in [0.29, 0.717) is 5.56 Å². The van der Waals surface area contributed by atoms with Crippen molar-refractivity contribution in [3.8, 4) is 11.3 Å². The first-order valence-electron chi connectivity index (χ1n) is 7.98. The highest BCUT2D eigenvalue weighted by Gasteiger charge is 2.44. The predicted molar refractivity (Wildman–Crippen MR) is 86.3 cm³/mol. The molecule has 3 atom stereocenters. The summed E-state index contributed by atoms with van der Waals surface area (Å²) in [5.41, 5.74) is -0.766. The molecule has 142 valence electrons. The number of rotatable bonds is 3. The van der Waals surface area contributed by atoms with Crippen LogP contribution in [0.4, 0.5) is 17.6 Å². The zero-order valence-electron chi connectivity index (χ0n) is 13.6. The van der Waals surface area contributed by atoms with Crippen LogP contribution in [0.15, 0.2) is 35.5 Å². The van der Waals surface area contributed by atoms with E-state index >= 15 is 0 Å². The van der Waals surface area contributed by atoms with Crippen LogP contribution >= 0.6 is 11.8 Å². The number of Topliss-reactive ketones (excluding diaryl/α,β-unsaturated/α-hetero) is 1. The lowest BCUT2D eigenvalue weighted by Gasteiger charge is -2.25. The van der Waals surface area contributed by atoms with Crippen LogP contribution < -0.4 is 0 Å². The molecule has 10 heteroatoms. The number of ketones is 1. The molecule has 4 rings (SSSR count). The minimum atomic E-state index is -4.67. The number of ether oxygens (including phenoxy) is 2. The molecule has 2 fully saturated rings. The van der Waals surface area contributed by atoms with Gasteiger partial charge in [-0.1, -0.05) is 11.8 Å². The fourth-order valence-electron chi connectivity index (χ4n) is 2.85. The standard InChI is InChI=1S/C17H12F4N2O3S/c18-9-3-1-8(2-4-9)10-5-14(17(19,20)21)23-16(22-10)27-13-6-11(24)15-25-7-12(13)26-15/h1-5,12-13,15H,6-7H2/t12-,13-,15-/m0/s1. The molecule has 0 radical (unpaired) electrons. The molecule has 0 N–H and O–H groups in total. The molecular formula is C17H12F4N2O3S. The quantitative estimate of drug-likeness (QED) is 0.581. The second-order valence-corrected chi connectivity index (χ2v) is 7.30. The number of thioether (sulfide) groups is 1. The zero-order chi connectivity index (χ0) is 19.2. The third kappa shape index (κ3) is 3.83. The van der Waals surface area contributed by atoms with Gasteiger partial charge in [-0.25, -0.2) is 14.4 Å². The van der Waals surface area contributed by atoms with E-state index in [1.807, 2.05) is 0 Å². The SMILES string of the molecule is O=C1C[C@H](Sc2nc(-c3ccc(F)cc3)cc(C(F)(F)F)n2)[C@@H]2CO[C@H]1O2. The van der Waals surface area contributed by atoms with E-state index in [-0.39, 0.29) is 29.7 Å². The largest absolute Gasteiger partial charge is 0.433 e. The van der Waals surface area contributed by atoms with Gasteiger partial charge in [0.1, 0.15) is 11.5 Å². The molecule has 2 aromatic rings. The smallest absolute Gasteiger partial charge is 0.343 e. The third-order valence-corrected chi connectivity index (χ3v) is 5.35. The molecule has 0 unspecified atom stereocenters. The van der Waals surface area contributed by atoms with Gasteiger partial charge in [-0.15, -0.1) is 0 Å². The van der Waals surface area contributed by atoms with E-state index in [9.17, 15) is 22.4 Å². The Morgan fingerprint density at radius 2 is 1.89 bits per heavy atom. The minimum absolute atomic E-state index is 0.0171. The Balaban J connectivity index is 1.68. The van der Waals surface area contributed by atoms with Crippen LogP contribution in [-0.2, 0) is 20.4 Å². The molecule has 0 saturated carbocycles. The fourth-order valence-corrected chi connectivity index (χ4v) is 3.97. The van der Waals surface area contributed by atoms with Crippen molar-refractivity contribution in [2.24, 2.45) is 0 Å². The Labute approximate surface area is 155 Å². The Kier molecular flexibility index (Phi) is 4.65. The van der Waals surface area contributed by atoms with Crippen LogP contribution in [0.2, 0.25) is 0 Å². The van der Waals surface area contributed by atoms with Crippen molar-refractivity contribution < 1.29 is 31.8 Å². The lowest BCUT2D eigenvalue weighted by Crippen LogP contribution is -2.37. The average molecular weight is 400 g/mol. The van der Waals surface area contributed by atoms with Crippen LogP contribution in [0.1, 0.15) is 12.1 Å². The fraction of sp³-hybridized carbons (Fsp3) is 0.353. The van der Waals surface area contributed by atoms with Gasteiger partial charge in [-0.2, -0.15) is 13.2 Å². The summed E-state index contributed by atoms with van der Waals surface area (Å²) >= 11 is 0.948. The van der Waals surface area contributed by atoms with Gasteiger partial charge in [-0.05, 0) is 30.3 Å². The summed E-state index contributed by atoms with van der Waals surface area (Å²) in [5.74, 6) is -0.765. The molecule has 27 heavy (non-hydrogen) atoms. The second-order valence-electron chi connectivity index (χ2n) is 6.09. The number of carbonyl (C=O) groups excluding carboxylic acids is 1. The van der Waals surface area contributed by atoms with E-state index in [4.69, 9.17) is 9.47 Å². The highest BCUT2D eigenvalue weighted by Crippen LogP contribution is 2.37. The third-order valence-electron chi connectivity index (χ3n) is 4.18. The van der Waals surface area contributed by atoms with Gasteiger partial charge in [0.25, 0.3) is 0 Å². The Morgan fingerprint density at radius 1 is 1.15 bits per heavy atom. The minimum Gasteiger partial charge on any atom is -0.343 e. The first-order chi connectivity index (χ1) is 12.8. The van der Waals surface area contributed by atoms with E-state index in [2.05, 4.69) is 9.97 Å². The Hall–Kier alpha value is -2.04. The summed E-state index contributed by atoms with van der Waals surface area (Å²) in [5, 5.41) is -0.572. The first-order valence-corrected chi connectivity index (χ1v) is 8.86. The van der Waals surface area contributed by atoms with Gasteiger partial charge < -0.3 is 9.47 Å². The van der Waals surface area contributed by atoms with Gasteiger partial charge in [0, 0.05) is 17.2 Å². The van der Waals surface area contributed by atoms with Crippen molar-refractivity contribution >= 4 is 17.5 Å². The average Bonchev–Trinajstić information content (AvgIpc) is 3.05. The van der Waals surface area contributed by atoms with Crippen LogP contribution in [-0.4, -0.2) is 40.0 Å². The molecule has 2 saturated heterocycles. The maximum absolute atomic E-state index is 13.3. The summed E-state index contributed by atoms with van der Waals surface area (Å²) in [6, 6.07) is 5.78. The molecular weight excluding hydrogens is 388 g/mol. The normalized spacial score (nSPS) is 25.0. The highest BCUT2D eigenvalue weighted by molar-refractivity contribution is 7.99. The monoisotopic (exact) mass is 400 g/mol. The molecule has 2 aliphatic rings. The van der Waals surface area contributed by atoms with Crippen LogP contribution in [0.5, 0.6) is 0 Å². The van der Waals surface area contributed by atoms with Crippen molar-refractivity contribution in [1.29, 1.82) is 0 Å². The number of alkyl halides is 3. The Bertz CT molecular complexity index is 875. The molecule has 3 heterocycles. The molecule has 1 aromatic heterocycles. The number of benzene rings is 1. The molecule has 2 aliphatic heterocycles. The van der Waals surface area contributed by atoms with Crippen LogP contribution in [0, 0.1) is 5.82 Å². The van der Waals surface area contributed by atoms with Gasteiger partial charge in [0.15, 0.2) is 10.9 Å². The topological polar surface area (TPSA) is 61.3 Å². The summed E-state index contributed by atoms with van der Waals surface area (Å²) in [6.07, 6.45) is -5.87. The number of fused-ring (bicyclic) bond motifs is 2. The Morgan fingerprint density at radius 3 is 2.59 bits per heavy atom. The maximum Gasteiger partial charge on any atom is 0.433 e. The molecule has 0 spiro atoms. The number of hydrogen-bond acceptors (Lipinski definition) is 6. The van der Waals surface area contributed by atoms with Crippen molar-refractivity contribution in [3.63, 3.8) is 0 Å². The van der Waals surface area contributed by atoms with Gasteiger partial charge in [0.05, 0.1) is 18.4 Å². The maximum atomic E-state index is 13.3. The molecule has 0 amide bonds. The summed E-state index contributed by atoms with van der Waals surface area (Å²) in [6.45, 7) is 0.192. The predicted octanol–water partition coefficient (Wildman–Crippen LogP) is 3.48. The zero-order valence-corrected chi connectivity index (χ0v) is 14.4. The van der Waals surface area contributed by atoms with Crippen molar-refractivity contribution in [1.82, 2.24) is 9.97 Å². The molecule has 0 aliphatic carbocycles.